The molecular formula is C21H19FN4OS. The molecule has 3 rings (SSSR count). The second kappa shape index (κ2) is 9.23. The van der Waals surface area contributed by atoms with Crippen LogP contribution < -0.4 is 5.43 Å². The molecule has 1 amide bonds. The van der Waals surface area contributed by atoms with Crippen LogP contribution in [0.3, 0.4) is 0 Å². The molecule has 1 aromatic heterocycles. The van der Waals surface area contributed by atoms with Gasteiger partial charge < -0.3 is 0 Å². The van der Waals surface area contributed by atoms with E-state index >= 15 is 0 Å². The van der Waals surface area contributed by atoms with Gasteiger partial charge in [0.25, 0.3) is 5.91 Å². The summed E-state index contributed by atoms with van der Waals surface area (Å²) < 4.78 is 13.5. The van der Waals surface area contributed by atoms with E-state index in [4.69, 9.17) is 0 Å². The summed E-state index contributed by atoms with van der Waals surface area (Å²) in [6.45, 7) is 3.89. The van der Waals surface area contributed by atoms with Gasteiger partial charge in [-0.1, -0.05) is 42.1 Å². The number of carbonyl (C=O) groups excluding carboxylic acids is 1. The van der Waals surface area contributed by atoms with E-state index in [0.29, 0.717) is 16.9 Å². The molecule has 5 nitrogen and oxygen atoms in total. The van der Waals surface area contributed by atoms with E-state index in [-0.39, 0.29) is 5.91 Å². The SMILES string of the molecule is Cc1cc(C)nc(SCc2ccc(C(=O)N/N=C/c3ccccc3F)cc2)n1. The summed E-state index contributed by atoms with van der Waals surface area (Å²) in [6, 6.07) is 15.4. The Balaban J connectivity index is 1.56. The number of benzene rings is 2. The lowest BCUT2D eigenvalue weighted by Gasteiger charge is -2.05. The normalized spacial score (nSPS) is 11.0. The Bertz CT molecular complexity index is 985. The molecule has 7 heteroatoms. The molecule has 1 heterocycles. The van der Waals surface area contributed by atoms with Crippen LogP contribution in [0.15, 0.2) is 64.9 Å². The third-order valence-electron chi connectivity index (χ3n) is 3.82. The lowest BCUT2D eigenvalue weighted by atomic mass is 10.1. The average molecular weight is 394 g/mol. The van der Waals surface area contributed by atoms with E-state index in [0.717, 1.165) is 22.1 Å². The van der Waals surface area contributed by atoms with E-state index in [1.807, 2.05) is 32.0 Å². The molecule has 0 aliphatic carbocycles. The Morgan fingerprint density at radius 1 is 1.11 bits per heavy atom. The summed E-state index contributed by atoms with van der Waals surface area (Å²) in [5, 5.41) is 4.55. The second-order valence-corrected chi connectivity index (χ2v) is 7.08. The number of carbonyl (C=O) groups is 1. The van der Waals surface area contributed by atoms with Gasteiger partial charge in [-0.05, 0) is 43.7 Å². The van der Waals surface area contributed by atoms with Crippen LogP contribution in [0.25, 0.3) is 0 Å². The van der Waals surface area contributed by atoms with Crippen LogP contribution in [0.4, 0.5) is 4.39 Å². The second-order valence-electron chi connectivity index (χ2n) is 6.14. The largest absolute Gasteiger partial charge is 0.271 e. The zero-order valence-corrected chi connectivity index (χ0v) is 16.3. The maximum atomic E-state index is 13.5. The van der Waals surface area contributed by atoms with Gasteiger partial charge in [-0.15, -0.1) is 0 Å². The Morgan fingerprint density at radius 3 is 2.46 bits per heavy atom. The number of rotatable bonds is 6. The standard InChI is InChI=1S/C21H19FN4OS/c1-14-11-15(2)25-21(24-14)28-13-16-7-9-17(10-8-16)20(27)26-23-12-18-5-3-4-6-19(18)22/h3-12H,13H2,1-2H3,(H,26,27)/b23-12+. The molecule has 0 radical (unpaired) electrons. The van der Waals surface area contributed by atoms with Gasteiger partial charge >= 0.3 is 0 Å². The summed E-state index contributed by atoms with van der Waals surface area (Å²) in [4.78, 5) is 21.0. The summed E-state index contributed by atoms with van der Waals surface area (Å²) in [6.07, 6.45) is 1.28. The third kappa shape index (κ3) is 5.47. The highest BCUT2D eigenvalue weighted by Gasteiger charge is 2.06. The lowest BCUT2D eigenvalue weighted by molar-refractivity contribution is 0.0955. The van der Waals surface area contributed by atoms with E-state index < -0.39 is 5.82 Å². The molecule has 0 spiro atoms. The van der Waals surface area contributed by atoms with Gasteiger partial charge in [-0.3, -0.25) is 4.79 Å². The molecule has 3 aromatic rings. The van der Waals surface area contributed by atoms with E-state index in [9.17, 15) is 9.18 Å². The molecule has 0 aliphatic heterocycles. The molecule has 1 N–H and O–H groups in total. The molecule has 0 fully saturated rings. The minimum atomic E-state index is -0.393. The number of amides is 1. The molecule has 0 saturated heterocycles. The van der Waals surface area contributed by atoms with Crippen LogP contribution >= 0.6 is 11.8 Å². The molecule has 0 saturated carbocycles. The minimum absolute atomic E-state index is 0.309. The Morgan fingerprint density at radius 2 is 1.79 bits per heavy atom. The van der Waals surface area contributed by atoms with Crippen LogP contribution in [0.5, 0.6) is 0 Å². The molecule has 28 heavy (non-hydrogen) atoms. The first-order valence-electron chi connectivity index (χ1n) is 8.63. The van der Waals surface area contributed by atoms with Gasteiger partial charge in [-0.25, -0.2) is 19.8 Å². The molecule has 2 aromatic carbocycles. The topological polar surface area (TPSA) is 67.2 Å². The van der Waals surface area contributed by atoms with E-state index in [1.165, 1.54) is 12.3 Å². The summed E-state index contributed by atoms with van der Waals surface area (Å²) in [7, 11) is 0. The Labute approximate surface area is 167 Å². The summed E-state index contributed by atoms with van der Waals surface area (Å²) >= 11 is 1.55. The van der Waals surface area contributed by atoms with Gasteiger partial charge in [0.15, 0.2) is 5.16 Å². The average Bonchev–Trinajstić information content (AvgIpc) is 2.67. The van der Waals surface area contributed by atoms with Crippen molar-refractivity contribution in [2.24, 2.45) is 5.10 Å². The summed E-state index contributed by atoms with van der Waals surface area (Å²) in [5.74, 6) is -0.0458. The van der Waals surface area contributed by atoms with Crippen molar-refractivity contribution in [1.82, 2.24) is 15.4 Å². The number of halogens is 1. The number of hydrazone groups is 1. The fraction of sp³-hybridized carbons (Fsp3) is 0.143. The van der Waals surface area contributed by atoms with Gasteiger partial charge in [0.05, 0.1) is 6.21 Å². The van der Waals surface area contributed by atoms with Crippen LogP contribution in [0.1, 0.15) is 32.9 Å². The van der Waals surface area contributed by atoms with Gasteiger partial charge in [0, 0.05) is 28.3 Å². The Hall–Kier alpha value is -3.06. The number of nitrogens with zero attached hydrogens (tertiary/aromatic N) is 3. The molecule has 0 unspecified atom stereocenters. The minimum Gasteiger partial charge on any atom is -0.267 e. The highest BCUT2D eigenvalue weighted by Crippen LogP contribution is 2.20. The van der Waals surface area contributed by atoms with Crippen LogP contribution in [-0.4, -0.2) is 22.1 Å². The number of thioether (sulfide) groups is 1. The zero-order chi connectivity index (χ0) is 19.9. The monoisotopic (exact) mass is 394 g/mol. The first-order valence-corrected chi connectivity index (χ1v) is 9.62. The first-order chi connectivity index (χ1) is 13.5. The fourth-order valence-corrected chi connectivity index (χ4v) is 3.37. The highest BCUT2D eigenvalue weighted by molar-refractivity contribution is 7.98. The van der Waals surface area contributed by atoms with Crippen molar-refractivity contribution in [3.05, 3.63) is 88.5 Å². The highest BCUT2D eigenvalue weighted by atomic mass is 32.2. The third-order valence-corrected chi connectivity index (χ3v) is 4.74. The molecule has 142 valence electrons. The quantitative estimate of drug-likeness (QED) is 0.293. The molecular weight excluding hydrogens is 375 g/mol. The van der Waals surface area contributed by atoms with E-state index in [2.05, 4.69) is 20.5 Å². The number of hydrogen-bond acceptors (Lipinski definition) is 5. The smallest absolute Gasteiger partial charge is 0.267 e. The predicted octanol–water partition coefficient (Wildman–Crippen LogP) is 4.29. The van der Waals surface area contributed by atoms with Crippen molar-refractivity contribution < 1.29 is 9.18 Å². The van der Waals surface area contributed by atoms with Crippen LogP contribution in [0, 0.1) is 19.7 Å². The maximum Gasteiger partial charge on any atom is 0.271 e. The van der Waals surface area contributed by atoms with Crippen molar-refractivity contribution in [2.45, 2.75) is 24.8 Å². The number of aromatic nitrogens is 2. The van der Waals surface area contributed by atoms with Crippen LogP contribution in [0.2, 0.25) is 0 Å². The predicted molar refractivity (Wildman–Crippen MR) is 109 cm³/mol. The fourth-order valence-electron chi connectivity index (χ4n) is 2.46. The zero-order valence-electron chi connectivity index (χ0n) is 15.5. The van der Waals surface area contributed by atoms with Crippen molar-refractivity contribution in [2.75, 3.05) is 0 Å². The van der Waals surface area contributed by atoms with Gasteiger partial charge in [-0.2, -0.15) is 5.10 Å². The Kier molecular flexibility index (Phi) is 6.49. The lowest BCUT2D eigenvalue weighted by Crippen LogP contribution is -2.17. The number of nitrogens with one attached hydrogen (secondary N) is 1. The summed E-state index contributed by atoms with van der Waals surface area (Å²) in [5.41, 5.74) is 6.13. The molecule has 0 aliphatic rings. The van der Waals surface area contributed by atoms with Gasteiger partial charge in [0.1, 0.15) is 5.82 Å². The maximum absolute atomic E-state index is 13.5. The van der Waals surface area contributed by atoms with Crippen molar-refractivity contribution in [3.8, 4) is 0 Å². The number of aryl methyl sites for hydroxylation is 2. The van der Waals surface area contributed by atoms with Crippen molar-refractivity contribution >= 4 is 23.9 Å². The van der Waals surface area contributed by atoms with E-state index in [1.54, 1.807) is 42.1 Å². The van der Waals surface area contributed by atoms with Gasteiger partial charge in [0.2, 0.25) is 0 Å². The molecule has 0 atom stereocenters. The number of hydrogen-bond donors (Lipinski definition) is 1. The van der Waals surface area contributed by atoms with Crippen molar-refractivity contribution in [1.29, 1.82) is 0 Å². The molecule has 0 bridgehead atoms. The van der Waals surface area contributed by atoms with Crippen LogP contribution in [-0.2, 0) is 5.75 Å². The first kappa shape index (κ1) is 19.7. The van der Waals surface area contributed by atoms with Crippen molar-refractivity contribution in [3.63, 3.8) is 0 Å².